The van der Waals surface area contributed by atoms with Crippen LogP contribution in [0.25, 0.3) is 0 Å². The first-order valence-corrected chi connectivity index (χ1v) is 7.64. The average molecular weight is 316 g/mol. The van der Waals surface area contributed by atoms with Crippen LogP contribution in [0.1, 0.15) is 24.2 Å². The number of carbonyl (C=O) groups is 1. The highest BCUT2D eigenvalue weighted by atomic mass is 16.5. The second kappa shape index (κ2) is 6.89. The van der Waals surface area contributed by atoms with Gasteiger partial charge < -0.3 is 15.0 Å². The SMILES string of the molecule is C[C@H]1OCCN(Cc2nc(Cc3ccccc3)no2)[C@@H]1C(N)=O. The molecule has 7 nitrogen and oxygen atoms in total. The minimum absolute atomic E-state index is 0.243. The molecular weight excluding hydrogens is 296 g/mol. The molecule has 3 rings (SSSR count). The number of morpholine rings is 1. The quantitative estimate of drug-likeness (QED) is 0.874. The topological polar surface area (TPSA) is 94.5 Å². The third-order valence-electron chi connectivity index (χ3n) is 3.94. The maximum Gasteiger partial charge on any atom is 0.240 e. The van der Waals surface area contributed by atoms with Crippen LogP contribution in [0.4, 0.5) is 0 Å². The van der Waals surface area contributed by atoms with Crippen LogP contribution in [0.15, 0.2) is 34.9 Å². The summed E-state index contributed by atoms with van der Waals surface area (Å²) in [6.07, 6.45) is 0.372. The lowest BCUT2D eigenvalue weighted by Gasteiger charge is -2.36. The van der Waals surface area contributed by atoms with E-state index in [2.05, 4.69) is 10.1 Å². The van der Waals surface area contributed by atoms with Crippen LogP contribution in [0.5, 0.6) is 0 Å². The molecule has 1 aromatic carbocycles. The second-order valence-corrected chi connectivity index (χ2v) is 5.66. The van der Waals surface area contributed by atoms with Crippen LogP contribution in [-0.4, -0.2) is 46.2 Å². The van der Waals surface area contributed by atoms with Crippen LogP contribution in [0, 0.1) is 0 Å². The van der Waals surface area contributed by atoms with Crippen molar-refractivity contribution in [1.82, 2.24) is 15.0 Å². The van der Waals surface area contributed by atoms with Crippen molar-refractivity contribution in [3.05, 3.63) is 47.6 Å². The molecule has 1 fully saturated rings. The number of nitrogens with two attached hydrogens (primary N) is 1. The van der Waals surface area contributed by atoms with E-state index in [-0.39, 0.29) is 6.10 Å². The zero-order valence-corrected chi connectivity index (χ0v) is 13.0. The van der Waals surface area contributed by atoms with E-state index in [0.717, 1.165) is 5.56 Å². The molecule has 0 unspecified atom stereocenters. The fourth-order valence-corrected chi connectivity index (χ4v) is 2.85. The Morgan fingerprint density at radius 1 is 1.39 bits per heavy atom. The van der Waals surface area contributed by atoms with Gasteiger partial charge in [-0.05, 0) is 12.5 Å². The highest BCUT2D eigenvalue weighted by molar-refractivity contribution is 5.80. The van der Waals surface area contributed by atoms with E-state index in [1.54, 1.807) is 0 Å². The highest BCUT2D eigenvalue weighted by Gasteiger charge is 2.34. The standard InChI is InChI=1S/C16H20N4O3/c1-11-15(16(17)21)20(7-8-22-11)10-14-18-13(19-23-14)9-12-5-3-2-4-6-12/h2-6,11,15H,7-10H2,1H3,(H2,17,21)/t11-,15+/m1/s1. The van der Waals surface area contributed by atoms with Gasteiger partial charge >= 0.3 is 0 Å². The Morgan fingerprint density at radius 2 is 2.17 bits per heavy atom. The zero-order chi connectivity index (χ0) is 16.2. The molecule has 1 amide bonds. The van der Waals surface area contributed by atoms with E-state index < -0.39 is 11.9 Å². The fourth-order valence-electron chi connectivity index (χ4n) is 2.85. The summed E-state index contributed by atoms with van der Waals surface area (Å²) in [4.78, 5) is 18.0. The summed E-state index contributed by atoms with van der Waals surface area (Å²) in [5.74, 6) is 0.709. The van der Waals surface area contributed by atoms with Crippen LogP contribution in [0.2, 0.25) is 0 Å². The molecule has 1 aliphatic rings. The number of ether oxygens (including phenoxy) is 1. The smallest absolute Gasteiger partial charge is 0.240 e. The molecule has 2 N–H and O–H groups in total. The Bertz CT molecular complexity index is 658. The molecule has 1 saturated heterocycles. The molecule has 7 heteroatoms. The van der Waals surface area contributed by atoms with Crippen molar-refractivity contribution in [3.8, 4) is 0 Å². The second-order valence-electron chi connectivity index (χ2n) is 5.66. The normalized spacial score (nSPS) is 22.1. The zero-order valence-electron chi connectivity index (χ0n) is 13.0. The minimum atomic E-state index is -0.478. The summed E-state index contributed by atoms with van der Waals surface area (Å²) in [6.45, 7) is 3.39. The van der Waals surface area contributed by atoms with Gasteiger partial charge in [0.2, 0.25) is 11.8 Å². The molecule has 0 aliphatic carbocycles. The van der Waals surface area contributed by atoms with Crippen molar-refractivity contribution >= 4 is 5.91 Å². The summed E-state index contributed by atoms with van der Waals surface area (Å²) < 4.78 is 10.8. The molecule has 1 aromatic heterocycles. The molecule has 2 aromatic rings. The number of hydrogen-bond acceptors (Lipinski definition) is 6. The van der Waals surface area contributed by atoms with Crippen molar-refractivity contribution in [2.24, 2.45) is 5.73 Å². The molecule has 0 spiro atoms. The van der Waals surface area contributed by atoms with Crippen molar-refractivity contribution in [1.29, 1.82) is 0 Å². The third kappa shape index (κ3) is 3.75. The summed E-state index contributed by atoms with van der Waals surface area (Å²) in [5.41, 5.74) is 6.60. The Hall–Kier alpha value is -2.25. The number of nitrogens with zero attached hydrogens (tertiary/aromatic N) is 3. The molecule has 122 valence electrons. The van der Waals surface area contributed by atoms with E-state index in [9.17, 15) is 4.79 Å². The first-order valence-electron chi connectivity index (χ1n) is 7.64. The van der Waals surface area contributed by atoms with Crippen LogP contribution < -0.4 is 5.73 Å². The Balaban J connectivity index is 1.67. The fraction of sp³-hybridized carbons (Fsp3) is 0.438. The van der Waals surface area contributed by atoms with Gasteiger partial charge in [-0.1, -0.05) is 35.5 Å². The van der Waals surface area contributed by atoms with Crippen molar-refractivity contribution < 1.29 is 14.1 Å². The van der Waals surface area contributed by atoms with Gasteiger partial charge in [0, 0.05) is 13.0 Å². The van der Waals surface area contributed by atoms with Gasteiger partial charge in [0.05, 0.1) is 19.3 Å². The number of benzene rings is 1. The number of aromatic nitrogens is 2. The Labute approximate surface area is 134 Å². The summed E-state index contributed by atoms with van der Waals surface area (Å²) >= 11 is 0. The van der Waals surface area contributed by atoms with Crippen LogP contribution in [0.3, 0.4) is 0 Å². The van der Waals surface area contributed by atoms with Gasteiger partial charge in [-0.2, -0.15) is 4.98 Å². The Kier molecular flexibility index (Phi) is 4.68. The first kappa shape index (κ1) is 15.6. The molecule has 0 bridgehead atoms. The summed E-state index contributed by atoms with van der Waals surface area (Å²) in [6, 6.07) is 9.47. The molecule has 23 heavy (non-hydrogen) atoms. The summed E-state index contributed by atoms with van der Waals surface area (Å²) in [5, 5.41) is 4.01. The van der Waals surface area contributed by atoms with Gasteiger partial charge in [-0.15, -0.1) is 0 Å². The van der Waals surface area contributed by atoms with E-state index in [1.807, 2.05) is 42.2 Å². The lowest BCUT2D eigenvalue weighted by molar-refractivity contribution is -0.136. The maximum absolute atomic E-state index is 11.6. The van der Waals surface area contributed by atoms with Gasteiger partial charge in [0.1, 0.15) is 6.04 Å². The van der Waals surface area contributed by atoms with Crippen molar-refractivity contribution in [3.63, 3.8) is 0 Å². The lowest BCUT2D eigenvalue weighted by Crippen LogP contribution is -2.56. The number of hydrogen-bond donors (Lipinski definition) is 1. The molecule has 2 heterocycles. The predicted molar refractivity (Wildman–Crippen MR) is 82.4 cm³/mol. The van der Waals surface area contributed by atoms with Gasteiger partial charge in [0.25, 0.3) is 0 Å². The number of amides is 1. The molecule has 0 radical (unpaired) electrons. The monoisotopic (exact) mass is 316 g/mol. The largest absolute Gasteiger partial charge is 0.375 e. The number of rotatable bonds is 5. The lowest BCUT2D eigenvalue weighted by atomic mass is 10.1. The predicted octanol–water partition coefficient (Wildman–Crippen LogP) is 0.735. The third-order valence-corrected chi connectivity index (χ3v) is 3.94. The van der Waals surface area contributed by atoms with Crippen molar-refractivity contribution in [2.45, 2.75) is 32.0 Å². The van der Waals surface area contributed by atoms with Gasteiger partial charge in [-0.3, -0.25) is 9.69 Å². The maximum atomic E-state index is 11.6. The van der Waals surface area contributed by atoms with E-state index in [4.69, 9.17) is 15.0 Å². The van der Waals surface area contributed by atoms with E-state index in [0.29, 0.717) is 37.8 Å². The van der Waals surface area contributed by atoms with Gasteiger partial charge in [-0.25, -0.2) is 0 Å². The van der Waals surface area contributed by atoms with Gasteiger partial charge in [0.15, 0.2) is 5.82 Å². The molecule has 2 atom stereocenters. The molecule has 0 saturated carbocycles. The van der Waals surface area contributed by atoms with Crippen LogP contribution in [-0.2, 0) is 22.5 Å². The summed E-state index contributed by atoms with van der Waals surface area (Å²) in [7, 11) is 0. The first-order chi connectivity index (χ1) is 11.1. The Morgan fingerprint density at radius 3 is 2.91 bits per heavy atom. The van der Waals surface area contributed by atoms with Crippen molar-refractivity contribution in [2.75, 3.05) is 13.2 Å². The number of carbonyl (C=O) groups excluding carboxylic acids is 1. The molecule has 1 aliphatic heterocycles. The van der Waals surface area contributed by atoms with Crippen LogP contribution >= 0.6 is 0 Å². The highest BCUT2D eigenvalue weighted by Crippen LogP contribution is 2.17. The average Bonchev–Trinajstić information content (AvgIpc) is 2.95. The number of primary amides is 1. The van der Waals surface area contributed by atoms with E-state index >= 15 is 0 Å². The van der Waals surface area contributed by atoms with E-state index in [1.165, 1.54) is 0 Å². The minimum Gasteiger partial charge on any atom is -0.375 e. The molecular formula is C16H20N4O3.